The van der Waals surface area contributed by atoms with Gasteiger partial charge in [-0.15, -0.1) is 0 Å². The molecule has 8 nitrogen and oxygen atoms in total. The van der Waals surface area contributed by atoms with E-state index in [2.05, 4.69) is 20.5 Å². The first-order valence-corrected chi connectivity index (χ1v) is 10.5. The highest BCUT2D eigenvalue weighted by Crippen LogP contribution is 2.28. The second-order valence-electron chi connectivity index (χ2n) is 7.59. The number of methoxy groups -OCH3 is 1. The molecule has 0 saturated heterocycles. The van der Waals surface area contributed by atoms with Crippen molar-refractivity contribution < 1.29 is 23.1 Å². The zero-order valence-electron chi connectivity index (χ0n) is 17.6. The van der Waals surface area contributed by atoms with Gasteiger partial charge in [-0.05, 0) is 37.0 Å². The second kappa shape index (κ2) is 9.53. The van der Waals surface area contributed by atoms with E-state index in [9.17, 15) is 18.4 Å². The van der Waals surface area contributed by atoms with Crippen molar-refractivity contribution >= 4 is 29.2 Å². The van der Waals surface area contributed by atoms with Gasteiger partial charge in [0, 0.05) is 30.9 Å². The van der Waals surface area contributed by atoms with Crippen molar-refractivity contribution in [3.8, 4) is 5.88 Å². The third-order valence-corrected chi connectivity index (χ3v) is 5.75. The Morgan fingerprint density at radius 3 is 2.64 bits per heavy atom. The Hall–Kier alpha value is -3.53. The summed E-state index contributed by atoms with van der Waals surface area (Å²) in [5.41, 5.74) is 0.698. The van der Waals surface area contributed by atoms with Gasteiger partial charge in [-0.2, -0.15) is 5.10 Å². The number of H-pyrrole nitrogens is 1. The molecule has 4 rings (SSSR count). The van der Waals surface area contributed by atoms with Gasteiger partial charge < -0.3 is 15.0 Å². The van der Waals surface area contributed by atoms with Crippen molar-refractivity contribution in [2.24, 2.45) is 0 Å². The highest BCUT2D eigenvalue weighted by atomic mass is 35.5. The first-order chi connectivity index (χ1) is 15.9. The van der Waals surface area contributed by atoms with Gasteiger partial charge in [-0.3, -0.25) is 14.7 Å². The Morgan fingerprint density at radius 1 is 1.24 bits per heavy atom. The molecule has 1 aromatic carbocycles. The minimum absolute atomic E-state index is 0.0790. The molecule has 1 saturated carbocycles. The number of amides is 2. The first kappa shape index (κ1) is 22.7. The molecule has 172 valence electrons. The molecule has 0 bridgehead atoms. The molecule has 0 unspecified atom stereocenters. The van der Waals surface area contributed by atoms with Crippen LogP contribution >= 0.6 is 11.6 Å². The van der Waals surface area contributed by atoms with Crippen LogP contribution in [0.1, 0.15) is 45.7 Å². The van der Waals surface area contributed by atoms with Crippen LogP contribution in [0.25, 0.3) is 0 Å². The third-order valence-electron chi connectivity index (χ3n) is 5.44. The summed E-state index contributed by atoms with van der Waals surface area (Å²) in [4.78, 5) is 31.5. The van der Waals surface area contributed by atoms with E-state index in [1.54, 1.807) is 17.2 Å². The summed E-state index contributed by atoms with van der Waals surface area (Å²) in [6.07, 6.45) is 4.46. The summed E-state index contributed by atoms with van der Waals surface area (Å²) in [7, 11) is 1.53. The smallest absolute Gasteiger partial charge is 0.274 e. The van der Waals surface area contributed by atoms with Crippen molar-refractivity contribution in [2.45, 2.75) is 31.8 Å². The number of pyridine rings is 1. The predicted molar refractivity (Wildman–Crippen MR) is 116 cm³/mol. The van der Waals surface area contributed by atoms with E-state index >= 15 is 0 Å². The van der Waals surface area contributed by atoms with Gasteiger partial charge in [-0.1, -0.05) is 17.7 Å². The molecule has 1 aliphatic rings. The lowest BCUT2D eigenvalue weighted by Crippen LogP contribution is -2.43. The average molecular weight is 476 g/mol. The number of nitrogens with zero attached hydrogens (tertiary/aromatic N) is 3. The van der Waals surface area contributed by atoms with Gasteiger partial charge in [0.15, 0.2) is 17.3 Å². The summed E-state index contributed by atoms with van der Waals surface area (Å²) >= 11 is 5.85. The minimum atomic E-state index is -1.20. The van der Waals surface area contributed by atoms with Gasteiger partial charge in [0.25, 0.3) is 11.8 Å². The molecule has 33 heavy (non-hydrogen) atoms. The lowest BCUT2D eigenvalue weighted by molar-refractivity contribution is 0.0550. The first-order valence-electron chi connectivity index (χ1n) is 10.2. The molecule has 1 aliphatic carbocycles. The van der Waals surface area contributed by atoms with Crippen molar-refractivity contribution in [3.63, 3.8) is 0 Å². The summed E-state index contributed by atoms with van der Waals surface area (Å²) in [6.45, 7) is 0.347. The molecule has 2 aromatic heterocycles. The van der Waals surface area contributed by atoms with Gasteiger partial charge in [0.2, 0.25) is 5.88 Å². The Morgan fingerprint density at radius 2 is 2.00 bits per heavy atom. The molecular weight excluding hydrogens is 456 g/mol. The average Bonchev–Trinajstić information content (AvgIpc) is 3.23. The van der Waals surface area contributed by atoms with Crippen LogP contribution in [0.5, 0.6) is 5.88 Å². The van der Waals surface area contributed by atoms with Crippen molar-refractivity contribution in [3.05, 3.63) is 70.0 Å². The van der Waals surface area contributed by atoms with Crippen LogP contribution in [0, 0.1) is 11.6 Å². The highest BCUT2D eigenvalue weighted by molar-refractivity contribution is 6.34. The monoisotopic (exact) mass is 475 g/mol. The second-order valence-corrected chi connectivity index (χ2v) is 8.00. The highest BCUT2D eigenvalue weighted by Gasteiger charge is 2.31. The lowest BCUT2D eigenvalue weighted by Gasteiger charge is -2.37. The summed E-state index contributed by atoms with van der Waals surface area (Å²) in [5.74, 6) is -2.85. The van der Waals surface area contributed by atoms with Crippen molar-refractivity contribution in [1.82, 2.24) is 20.1 Å². The molecular formula is C22H20ClF2N5O3. The minimum Gasteiger partial charge on any atom is -0.481 e. The van der Waals surface area contributed by atoms with Crippen molar-refractivity contribution in [2.75, 3.05) is 12.4 Å². The quantitative estimate of drug-likeness (QED) is 0.499. The SMILES string of the molecule is COc1ccc(CN(C(=O)c2cc(NC(=O)c3cc(F)c(F)cc3Cl)[nH]n2)C2CCC2)cn1. The maximum atomic E-state index is 13.5. The molecule has 0 spiro atoms. The topological polar surface area (TPSA) is 100 Å². The van der Waals surface area contributed by atoms with Crippen molar-refractivity contribution in [1.29, 1.82) is 0 Å². The Bertz CT molecular complexity index is 1180. The number of carbonyl (C=O) groups excluding carboxylic acids is 2. The number of rotatable bonds is 7. The van der Waals surface area contributed by atoms with Crippen LogP contribution in [0.3, 0.4) is 0 Å². The van der Waals surface area contributed by atoms with Crippen LogP contribution in [0.2, 0.25) is 5.02 Å². The van der Waals surface area contributed by atoms with E-state index in [0.717, 1.165) is 30.9 Å². The molecule has 11 heteroatoms. The maximum absolute atomic E-state index is 13.5. The van der Waals surface area contributed by atoms with Gasteiger partial charge >= 0.3 is 0 Å². The third kappa shape index (κ3) is 4.95. The molecule has 2 amide bonds. The number of carbonyl (C=O) groups is 2. The number of hydrogen-bond donors (Lipinski definition) is 2. The lowest BCUT2D eigenvalue weighted by atomic mass is 9.91. The van der Waals surface area contributed by atoms with E-state index in [4.69, 9.17) is 16.3 Å². The van der Waals surface area contributed by atoms with E-state index < -0.39 is 17.5 Å². The maximum Gasteiger partial charge on any atom is 0.274 e. The zero-order valence-corrected chi connectivity index (χ0v) is 18.3. The normalized spacial score (nSPS) is 13.3. The molecule has 3 aromatic rings. The van der Waals surface area contributed by atoms with Gasteiger partial charge in [0.05, 0.1) is 17.7 Å². The van der Waals surface area contributed by atoms with E-state index in [-0.39, 0.29) is 34.0 Å². The molecule has 0 radical (unpaired) electrons. The Balaban J connectivity index is 1.49. The zero-order chi connectivity index (χ0) is 23.5. The fourth-order valence-electron chi connectivity index (χ4n) is 3.42. The number of halogens is 3. The number of aromatic amines is 1. The van der Waals surface area contributed by atoms with Gasteiger partial charge in [-0.25, -0.2) is 13.8 Å². The van der Waals surface area contributed by atoms with Crippen LogP contribution in [-0.4, -0.2) is 45.0 Å². The fourth-order valence-corrected chi connectivity index (χ4v) is 3.65. The molecule has 0 aliphatic heterocycles. The van der Waals surface area contributed by atoms with E-state index in [1.807, 2.05) is 6.07 Å². The van der Waals surface area contributed by atoms with Crippen LogP contribution < -0.4 is 10.1 Å². The van der Waals surface area contributed by atoms with Crippen LogP contribution in [0.4, 0.5) is 14.6 Å². The number of nitrogens with one attached hydrogen (secondary N) is 2. The summed E-state index contributed by atoms with van der Waals surface area (Å²) in [6, 6.07) is 6.45. The fraction of sp³-hybridized carbons (Fsp3) is 0.273. The molecule has 2 N–H and O–H groups in total. The number of aromatic nitrogens is 3. The summed E-state index contributed by atoms with van der Waals surface area (Å²) in [5, 5.41) is 8.80. The largest absolute Gasteiger partial charge is 0.481 e. The Kier molecular flexibility index (Phi) is 6.55. The predicted octanol–water partition coefficient (Wildman–Crippen LogP) is 4.19. The number of hydrogen-bond acceptors (Lipinski definition) is 5. The standard InChI is InChI=1S/C22H20ClF2N5O3/c1-33-20-6-5-12(10-26-20)11-30(13-3-2-4-13)22(32)18-9-19(29-28-18)27-21(31)14-7-16(24)17(25)8-15(14)23/h5-10,13H,2-4,11H2,1H3,(H2,27,28,29,31). The summed E-state index contributed by atoms with van der Waals surface area (Å²) < 4.78 is 31.8. The van der Waals surface area contributed by atoms with Gasteiger partial charge in [0.1, 0.15) is 5.82 Å². The number of anilines is 1. The number of ether oxygens (including phenoxy) is 1. The van der Waals surface area contributed by atoms with E-state index in [1.165, 1.54) is 13.2 Å². The number of benzene rings is 1. The van der Waals surface area contributed by atoms with E-state index in [0.29, 0.717) is 18.5 Å². The van der Waals surface area contributed by atoms with Crippen LogP contribution in [0.15, 0.2) is 36.5 Å². The molecule has 1 fully saturated rings. The van der Waals surface area contributed by atoms with Crippen LogP contribution in [-0.2, 0) is 6.54 Å². The Labute approximate surface area is 192 Å². The molecule has 2 heterocycles. The molecule has 0 atom stereocenters.